The zero-order valence-corrected chi connectivity index (χ0v) is 29.7. The number of halogens is 7. The van der Waals surface area contributed by atoms with Crippen molar-refractivity contribution in [2.45, 2.75) is 82.9 Å². The number of fused-ring (bicyclic) bond motifs is 1. The van der Waals surface area contributed by atoms with E-state index in [-0.39, 0.29) is 87.3 Å². The number of pyridine rings is 1. The minimum absolute atomic E-state index is 0.0508. The number of H-pyrrole nitrogens is 1. The van der Waals surface area contributed by atoms with E-state index in [1.165, 1.54) is 12.1 Å². The Labute approximate surface area is 285 Å². The second-order valence-electron chi connectivity index (χ2n) is 13.1. The summed E-state index contributed by atoms with van der Waals surface area (Å²) in [4.78, 5) is 40.1. The van der Waals surface area contributed by atoms with Gasteiger partial charge in [0.25, 0.3) is 0 Å². The molecule has 1 amide bonds. The molecule has 3 aromatic rings. The van der Waals surface area contributed by atoms with Gasteiger partial charge in [-0.25, -0.2) is 4.39 Å². The number of carbonyl (C=O) groups is 2. The van der Waals surface area contributed by atoms with Crippen molar-refractivity contribution >= 4 is 78.0 Å². The number of hydrogen-bond donors (Lipinski definition) is 3. The maximum atomic E-state index is 14.9. The van der Waals surface area contributed by atoms with E-state index in [1.54, 1.807) is 4.90 Å². The average Bonchev–Trinajstić information content (AvgIpc) is 3.41. The molecule has 1 aliphatic carbocycles. The van der Waals surface area contributed by atoms with Crippen LogP contribution in [0.15, 0.2) is 12.1 Å². The fourth-order valence-electron chi connectivity index (χ4n) is 5.74. The fraction of sp³-hybridized carbons (Fsp3) is 0.548. The van der Waals surface area contributed by atoms with Gasteiger partial charge in [0.15, 0.2) is 0 Å². The summed E-state index contributed by atoms with van der Waals surface area (Å²) >= 11 is 11.8. The topological polar surface area (TPSA) is 103 Å². The van der Waals surface area contributed by atoms with Gasteiger partial charge in [-0.2, -0.15) is 13.2 Å². The van der Waals surface area contributed by atoms with E-state index in [0.29, 0.717) is 23.9 Å². The van der Waals surface area contributed by atoms with Gasteiger partial charge in [0, 0.05) is 6.04 Å². The SMILES string of the molecule is CC(C)(C)C(=O)[AsH]Cc1cc(F)c(Cl)c(Nc2nc3cc(C(=O)N[C@H]4CC[C@H](C(F)(F)F)CC4)c(N4CCC(F)CC4)nc3[nH]2)c1Cl. The first-order chi connectivity index (χ1) is 22.0. The Morgan fingerprint density at radius 1 is 1.02 bits per heavy atom. The molecule has 47 heavy (non-hydrogen) atoms. The molecule has 8 nitrogen and oxygen atoms in total. The first-order valence-corrected chi connectivity index (χ1v) is 18.7. The average molecular weight is 765 g/mol. The third-order valence-corrected chi connectivity index (χ3v) is 12.8. The van der Waals surface area contributed by atoms with Crippen molar-refractivity contribution in [2.24, 2.45) is 11.3 Å². The number of carbonyl (C=O) groups excluding carboxylic acids is 2. The Kier molecular flexibility index (Phi) is 10.7. The van der Waals surface area contributed by atoms with Crippen LogP contribution in [0.4, 0.5) is 39.4 Å². The molecule has 1 aromatic carbocycles. The number of amides is 1. The number of nitrogens with one attached hydrogen (secondary N) is 3. The zero-order valence-electron chi connectivity index (χ0n) is 26.1. The number of benzene rings is 1. The molecule has 0 radical (unpaired) electrons. The molecule has 2 aliphatic rings. The van der Waals surface area contributed by atoms with Gasteiger partial charge < -0.3 is 0 Å². The Morgan fingerprint density at radius 3 is 2.30 bits per heavy atom. The molecule has 256 valence electrons. The Balaban J connectivity index is 1.42. The van der Waals surface area contributed by atoms with E-state index >= 15 is 0 Å². The third kappa shape index (κ3) is 8.33. The monoisotopic (exact) mass is 764 g/mol. The molecule has 0 spiro atoms. The van der Waals surface area contributed by atoms with Crippen LogP contribution in [0, 0.1) is 17.2 Å². The van der Waals surface area contributed by atoms with Crippen LogP contribution in [0.5, 0.6) is 0 Å². The maximum absolute atomic E-state index is 14.9. The van der Waals surface area contributed by atoms with Crippen molar-refractivity contribution < 1.29 is 31.5 Å². The first kappa shape index (κ1) is 35.7. The van der Waals surface area contributed by atoms with E-state index in [1.807, 2.05) is 20.8 Å². The summed E-state index contributed by atoms with van der Waals surface area (Å²) in [7, 11) is 0. The van der Waals surface area contributed by atoms with E-state index in [4.69, 9.17) is 23.2 Å². The third-order valence-electron chi connectivity index (χ3n) is 8.54. The number of anilines is 3. The van der Waals surface area contributed by atoms with Crippen LogP contribution in [-0.2, 0) is 10.0 Å². The number of alkyl halides is 4. The van der Waals surface area contributed by atoms with Crippen LogP contribution in [-0.4, -0.2) is 72.7 Å². The van der Waals surface area contributed by atoms with Gasteiger partial charge in [0.2, 0.25) is 0 Å². The van der Waals surface area contributed by atoms with Crippen molar-refractivity contribution in [1.29, 1.82) is 0 Å². The second-order valence-corrected chi connectivity index (χ2v) is 16.3. The summed E-state index contributed by atoms with van der Waals surface area (Å²) in [6.45, 7) is 6.12. The standard InChI is InChI=1S/C31H36AsCl2F5N6O2/c1-30(2,3)28(47)32-14-15-12-20(36)23(34)24(22(15)33)42-29-41-21-13-19(26(43-25(21)44-29)45-10-8-17(35)9-11-45)27(46)40-18-6-4-16(5-7-18)31(37,38)39/h12-13,16-18,32H,4-11,14H2,1-3H3,(H,40,46)(H2,41,42,43,44)/t16-,18-. The summed E-state index contributed by atoms with van der Waals surface area (Å²) in [5.74, 6) is -2.23. The minimum atomic E-state index is -4.26. The number of rotatable bonds is 8. The van der Waals surface area contributed by atoms with Gasteiger partial charge in [-0.15, -0.1) is 0 Å². The van der Waals surface area contributed by atoms with E-state index < -0.39 is 57.2 Å². The van der Waals surface area contributed by atoms with Gasteiger partial charge in [-0.3, -0.25) is 0 Å². The molecule has 1 aliphatic heterocycles. The predicted octanol–water partition coefficient (Wildman–Crippen LogP) is 7.45. The van der Waals surface area contributed by atoms with Crippen molar-refractivity contribution in [3.63, 3.8) is 0 Å². The molecule has 1 atom stereocenters. The van der Waals surface area contributed by atoms with Gasteiger partial charge in [0.1, 0.15) is 6.17 Å². The normalized spacial score (nSPS) is 19.9. The Bertz CT molecular complexity index is 1650. The van der Waals surface area contributed by atoms with Gasteiger partial charge in [0.05, 0.1) is 5.92 Å². The van der Waals surface area contributed by atoms with Crippen molar-refractivity contribution in [3.05, 3.63) is 39.1 Å². The number of aromatic amines is 1. The molecule has 3 heterocycles. The summed E-state index contributed by atoms with van der Waals surface area (Å²) < 4.78 is 68.5. The van der Waals surface area contributed by atoms with Crippen LogP contribution in [0.25, 0.3) is 11.2 Å². The van der Waals surface area contributed by atoms with Crippen molar-refractivity contribution in [3.8, 4) is 0 Å². The summed E-state index contributed by atoms with van der Waals surface area (Å²) in [6, 6.07) is 2.30. The Morgan fingerprint density at radius 2 is 1.68 bits per heavy atom. The quantitative estimate of drug-likeness (QED) is 0.125. The van der Waals surface area contributed by atoms with Gasteiger partial charge in [-0.1, -0.05) is 0 Å². The predicted molar refractivity (Wildman–Crippen MR) is 175 cm³/mol. The van der Waals surface area contributed by atoms with Crippen LogP contribution in [0.2, 0.25) is 10.0 Å². The number of piperidine rings is 1. The fourth-order valence-corrected chi connectivity index (χ4v) is 8.92. The molecule has 1 unspecified atom stereocenters. The molecule has 3 N–H and O–H groups in total. The van der Waals surface area contributed by atoms with Crippen LogP contribution in [0.1, 0.15) is 75.2 Å². The number of hydrogen-bond acceptors (Lipinski definition) is 6. The molecule has 0 bridgehead atoms. The first-order valence-electron chi connectivity index (χ1n) is 15.4. The number of aromatic nitrogens is 3. The second kappa shape index (κ2) is 14.1. The van der Waals surface area contributed by atoms with E-state index in [0.717, 1.165) is 0 Å². The van der Waals surface area contributed by atoms with E-state index in [2.05, 4.69) is 25.6 Å². The van der Waals surface area contributed by atoms with Crippen LogP contribution < -0.4 is 15.5 Å². The molecular formula is C31H36AsCl2F5N6O2. The van der Waals surface area contributed by atoms with Crippen LogP contribution >= 0.6 is 23.2 Å². The molecule has 16 heteroatoms. The molecule has 1 saturated heterocycles. The van der Waals surface area contributed by atoms with Crippen molar-refractivity contribution in [1.82, 2.24) is 20.3 Å². The van der Waals surface area contributed by atoms with Crippen LogP contribution in [0.3, 0.4) is 0 Å². The molecule has 5 rings (SSSR count). The Hall–Kier alpha value is -2.63. The molecule has 2 fully saturated rings. The number of nitrogens with zero attached hydrogens (tertiary/aromatic N) is 3. The molecular weight excluding hydrogens is 729 g/mol. The van der Waals surface area contributed by atoms with Gasteiger partial charge in [-0.05, 0) is 38.5 Å². The molecule has 2 aromatic heterocycles. The zero-order chi connectivity index (χ0) is 34.3. The summed E-state index contributed by atoms with van der Waals surface area (Å²) in [5.41, 5.74) is 0.678. The summed E-state index contributed by atoms with van der Waals surface area (Å²) in [5, 5.41) is 5.98. The summed E-state index contributed by atoms with van der Waals surface area (Å²) in [6.07, 6.45) is -4.50. The molecule has 1 saturated carbocycles. The number of imidazole rings is 1. The van der Waals surface area contributed by atoms with E-state index in [9.17, 15) is 31.5 Å². The van der Waals surface area contributed by atoms with Gasteiger partial charge >= 0.3 is 212 Å². The van der Waals surface area contributed by atoms with Crippen molar-refractivity contribution in [2.75, 3.05) is 23.3 Å².